The van der Waals surface area contributed by atoms with Gasteiger partial charge in [0.15, 0.2) is 0 Å². The molecule has 0 heterocycles. The van der Waals surface area contributed by atoms with E-state index < -0.39 is 5.51 Å². The van der Waals surface area contributed by atoms with Crippen LogP contribution in [0.15, 0.2) is 18.2 Å². The van der Waals surface area contributed by atoms with Gasteiger partial charge in [-0.3, -0.25) is 0 Å². The second-order valence-corrected chi connectivity index (χ2v) is 5.96. The predicted molar refractivity (Wildman–Crippen MR) is 77.4 cm³/mol. The predicted octanol–water partition coefficient (Wildman–Crippen LogP) is 4.47. The van der Waals surface area contributed by atoms with Crippen molar-refractivity contribution in [2.75, 3.05) is 12.4 Å². The highest BCUT2D eigenvalue weighted by Crippen LogP contribution is 2.30. The molecule has 114 valence electrons. The fourth-order valence-corrected chi connectivity index (χ4v) is 2.09. The number of ether oxygens (including phenoxy) is 1. The highest BCUT2D eigenvalue weighted by molar-refractivity contribution is 8.00. The van der Waals surface area contributed by atoms with E-state index in [4.69, 9.17) is 16.3 Å². The zero-order chi connectivity index (χ0) is 15.2. The van der Waals surface area contributed by atoms with Gasteiger partial charge in [-0.15, -0.1) is 0 Å². The minimum Gasteiger partial charge on any atom is -0.492 e. The van der Waals surface area contributed by atoms with Gasteiger partial charge in [0.1, 0.15) is 5.75 Å². The number of thioether (sulfide) groups is 1. The molecule has 0 aromatic heterocycles. The lowest BCUT2D eigenvalue weighted by molar-refractivity contribution is -0.0329. The third-order valence-electron chi connectivity index (χ3n) is 2.37. The van der Waals surface area contributed by atoms with Crippen LogP contribution in [0.2, 0.25) is 5.02 Å². The Balaban J connectivity index is 2.58. The Morgan fingerprint density at radius 3 is 2.65 bits per heavy atom. The van der Waals surface area contributed by atoms with Crippen molar-refractivity contribution < 1.29 is 17.9 Å². The number of hydrogen-bond acceptors (Lipinski definition) is 3. The zero-order valence-electron chi connectivity index (χ0n) is 11.3. The molecule has 1 N–H and O–H groups in total. The highest BCUT2D eigenvalue weighted by Gasteiger charge is 2.27. The van der Waals surface area contributed by atoms with Gasteiger partial charge < -0.3 is 10.1 Å². The molecule has 2 nitrogen and oxygen atoms in total. The fourth-order valence-electron chi connectivity index (χ4n) is 1.46. The third-order valence-corrected chi connectivity index (χ3v) is 3.42. The molecule has 0 amide bonds. The molecule has 1 rings (SSSR count). The van der Waals surface area contributed by atoms with E-state index in [0.29, 0.717) is 17.3 Å². The molecule has 20 heavy (non-hydrogen) atoms. The van der Waals surface area contributed by atoms with Crippen molar-refractivity contribution >= 4 is 23.4 Å². The van der Waals surface area contributed by atoms with E-state index in [2.05, 4.69) is 5.32 Å². The quantitative estimate of drug-likeness (QED) is 0.747. The lowest BCUT2D eigenvalue weighted by Crippen LogP contribution is -2.22. The molecular weight excluding hydrogens is 311 g/mol. The van der Waals surface area contributed by atoms with Gasteiger partial charge in [-0.05, 0) is 23.9 Å². The highest BCUT2D eigenvalue weighted by atomic mass is 35.5. The van der Waals surface area contributed by atoms with Gasteiger partial charge in [0.05, 0.1) is 6.61 Å². The second-order valence-electron chi connectivity index (χ2n) is 4.39. The van der Waals surface area contributed by atoms with Gasteiger partial charge in [0, 0.05) is 28.9 Å². The first kappa shape index (κ1) is 17.5. The maximum Gasteiger partial charge on any atom is 0.441 e. The van der Waals surface area contributed by atoms with Crippen molar-refractivity contribution in [1.29, 1.82) is 0 Å². The van der Waals surface area contributed by atoms with Crippen molar-refractivity contribution in [3.05, 3.63) is 28.8 Å². The molecule has 0 atom stereocenters. The Morgan fingerprint density at radius 2 is 2.05 bits per heavy atom. The molecule has 0 fully saturated rings. The van der Waals surface area contributed by atoms with Crippen LogP contribution in [-0.4, -0.2) is 23.9 Å². The summed E-state index contributed by atoms with van der Waals surface area (Å²) >= 11 is 6.00. The molecule has 1 aromatic rings. The van der Waals surface area contributed by atoms with Crippen LogP contribution in [0.3, 0.4) is 0 Å². The summed E-state index contributed by atoms with van der Waals surface area (Å²) in [6.45, 7) is 4.49. The Hall–Kier alpha value is -0.590. The third kappa shape index (κ3) is 6.72. The number of halogens is 4. The minimum atomic E-state index is -4.22. The minimum absolute atomic E-state index is 0.0147. The number of rotatable bonds is 7. The van der Waals surface area contributed by atoms with Crippen LogP contribution in [0.5, 0.6) is 5.75 Å². The van der Waals surface area contributed by atoms with E-state index in [1.54, 1.807) is 18.2 Å². The maximum absolute atomic E-state index is 12.0. The fraction of sp³-hybridized carbons (Fsp3) is 0.538. The first-order valence-electron chi connectivity index (χ1n) is 6.14. The second kappa shape index (κ2) is 8.00. The molecular formula is C13H17ClF3NOS. The molecule has 0 aliphatic carbocycles. The number of benzene rings is 1. The molecule has 0 saturated carbocycles. The summed E-state index contributed by atoms with van der Waals surface area (Å²) in [4.78, 5) is 0. The first-order valence-corrected chi connectivity index (χ1v) is 7.50. The van der Waals surface area contributed by atoms with Gasteiger partial charge in [-0.25, -0.2) is 0 Å². The van der Waals surface area contributed by atoms with E-state index in [0.717, 1.165) is 5.56 Å². The van der Waals surface area contributed by atoms with E-state index in [1.807, 2.05) is 13.8 Å². The molecule has 0 aliphatic heterocycles. The molecule has 0 bridgehead atoms. The van der Waals surface area contributed by atoms with Gasteiger partial charge in [0.2, 0.25) is 0 Å². The SMILES string of the molecule is CC(C)NCc1c(Cl)cccc1OCCSC(F)(F)F. The molecule has 0 aliphatic rings. The van der Waals surface area contributed by atoms with Crippen molar-refractivity contribution in [3.8, 4) is 5.75 Å². The lowest BCUT2D eigenvalue weighted by atomic mass is 10.2. The van der Waals surface area contributed by atoms with E-state index in [-0.39, 0.29) is 30.2 Å². The van der Waals surface area contributed by atoms with E-state index in [1.165, 1.54) is 0 Å². The van der Waals surface area contributed by atoms with Gasteiger partial charge in [-0.1, -0.05) is 31.5 Å². The smallest absolute Gasteiger partial charge is 0.441 e. The van der Waals surface area contributed by atoms with Crippen molar-refractivity contribution in [2.24, 2.45) is 0 Å². The summed E-state index contributed by atoms with van der Waals surface area (Å²) in [6.07, 6.45) is 0. The summed E-state index contributed by atoms with van der Waals surface area (Å²) in [5.74, 6) is 0.376. The molecule has 7 heteroatoms. The number of hydrogen-bond donors (Lipinski definition) is 1. The van der Waals surface area contributed by atoms with Crippen LogP contribution in [0.4, 0.5) is 13.2 Å². The van der Waals surface area contributed by atoms with Gasteiger partial charge >= 0.3 is 5.51 Å². The largest absolute Gasteiger partial charge is 0.492 e. The first-order chi connectivity index (χ1) is 9.29. The summed E-state index contributed by atoms with van der Waals surface area (Å²) in [5.41, 5.74) is -3.46. The van der Waals surface area contributed by atoms with Crippen LogP contribution >= 0.6 is 23.4 Å². The van der Waals surface area contributed by atoms with Crippen LogP contribution < -0.4 is 10.1 Å². The van der Waals surface area contributed by atoms with E-state index >= 15 is 0 Å². The monoisotopic (exact) mass is 327 g/mol. The van der Waals surface area contributed by atoms with Crippen LogP contribution in [-0.2, 0) is 6.54 Å². The Bertz CT molecular complexity index is 427. The summed E-state index contributed by atoms with van der Waals surface area (Å²) in [7, 11) is 0. The standard InChI is InChI=1S/C13H17ClF3NOS/c1-9(2)18-8-10-11(14)4-3-5-12(10)19-6-7-20-13(15,16)17/h3-5,9,18H,6-8H2,1-2H3. The molecule has 1 aromatic carbocycles. The summed E-state index contributed by atoms with van der Waals surface area (Å²) < 4.78 is 41.4. The Labute approximate surface area is 126 Å². The van der Waals surface area contributed by atoms with Gasteiger partial charge in [-0.2, -0.15) is 13.2 Å². The summed E-state index contributed by atoms with van der Waals surface area (Å²) in [6, 6.07) is 5.44. The average molecular weight is 328 g/mol. The van der Waals surface area contributed by atoms with Crippen molar-refractivity contribution in [2.45, 2.75) is 31.9 Å². The maximum atomic E-state index is 12.0. The zero-order valence-corrected chi connectivity index (χ0v) is 12.8. The molecule has 0 radical (unpaired) electrons. The van der Waals surface area contributed by atoms with Crippen LogP contribution in [0.25, 0.3) is 0 Å². The van der Waals surface area contributed by atoms with Crippen molar-refractivity contribution in [1.82, 2.24) is 5.32 Å². The molecule has 0 unspecified atom stereocenters. The summed E-state index contributed by atoms with van der Waals surface area (Å²) in [5, 5.41) is 3.75. The Kier molecular flexibility index (Phi) is 6.99. The van der Waals surface area contributed by atoms with Gasteiger partial charge in [0.25, 0.3) is 0 Å². The lowest BCUT2D eigenvalue weighted by Gasteiger charge is -2.15. The molecule has 0 saturated heterocycles. The van der Waals surface area contributed by atoms with E-state index in [9.17, 15) is 13.2 Å². The average Bonchev–Trinajstić information content (AvgIpc) is 2.32. The number of nitrogens with one attached hydrogen (secondary N) is 1. The number of alkyl halides is 3. The van der Waals surface area contributed by atoms with Crippen LogP contribution in [0, 0.1) is 0 Å². The van der Waals surface area contributed by atoms with Crippen LogP contribution in [0.1, 0.15) is 19.4 Å². The van der Waals surface area contributed by atoms with Crippen molar-refractivity contribution in [3.63, 3.8) is 0 Å². The Morgan fingerprint density at radius 1 is 1.35 bits per heavy atom. The molecule has 0 spiro atoms. The normalized spacial score (nSPS) is 11.9. The topological polar surface area (TPSA) is 21.3 Å².